The van der Waals surface area contributed by atoms with Crippen molar-refractivity contribution in [3.05, 3.63) is 28.5 Å². The number of carbonyl (C=O) groups excluding carboxylic acids is 2. The lowest BCUT2D eigenvalue weighted by Crippen LogP contribution is -2.00. The minimum Gasteiger partial charge on any atom is -0.287 e. The highest BCUT2D eigenvalue weighted by molar-refractivity contribution is 8.13. The number of hydrogen-bond donors (Lipinski definition) is 0. The predicted octanol–water partition coefficient (Wildman–Crippen LogP) is 5.30. The summed E-state index contributed by atoms with van der Waals surface area (Å²) < 4.78 is 13.4. The van der Waals surface area contributed by atoms with Crippen molar-refractivity contribution < 1.29 is 14.0 Å². The molecule has 0 fully saturated rings. The second-order valence-corrected chi connectivity index (χ2v) is 6.41. The van der Waals surface area contributed by atoms with Crippen molar-refractivity contribution in [2.75, 3.05) is 0 Å². The molecule has 110 valence electrons. The SMILES string of the molecule is CCC(C)CCC(=O)Sc1cc(C(=O)Cl)c(F)cc1Cl. The summed E-state index contributed by atoms with van der Waals surface area (Å²) in [6.45, 7) is 4.14. The van der Waals surface area contributed by atoms with Gasteiger partial charge >= 0.3 is 0 Å². The second kappa shape index (κ2) is 8.01. The minimum atomic E-state index is -0.909. The summed E-state index contributed by atoms with van der Waals surface area (Å²) in [4.78, 5) is 23.3. The Morgan fingerprint density at radius 3 is 2.60 bits per heavy atom. The molecule has 0 saturated heterocycles. The lowest BCUT2D eigenvalue weighted by atomic mass is 10.0. The molecule has 0 heterocycles. The van der Waals surface area contributed by atoms with Crippen LogP contribution >= 0.6 is 35.0 Å². The van der Waals surface area contributed by atoms with E-state index in [9.17, 15) is 14.0 Å². The van der Waals surface area contributed by atoms with Gasteiger partial charge in [-0.25, -0.2) is 4.39 Å². The average Bonchev–Trinajstić information content (AvgIpc) is 2.38. The maximum absolute atomic E-state index is 13.4. The van der Waals surface area contributed by atoms with Crippen LogP contribution in [0.4, 0.5) is 4.39 Å². The monoisotopic (exact) mass is 336 g/mol. The third-order valence-corrected chi connectivity index (χ3v) is 4.61. The normalized spacial score (nSPS) is 12.2. The van der Waals surface area contributed by atoms with E-state index in [0.29, 0.717) is 17.2 Å². The largest absolute Gasteiger partial charge is 0.287 e. The first kappa shape index (κ1) is 17.5. The Kier molecular flexibility index (Phi) is 7.00. The summed E-state index contributed by atoms with van der Waals surface area (Å²) in [5.41, 5.74) is -0.270. The van der Waals surface area contributed by atoms with Crippen LogP contribution in [0.1, 0.15) is 43.5 Å². The molecule has 0 saturated carbocycles. The van der Waals surface area contributed by atoms with Crippen molar-refractivity contribution >= 4 is 45.3 Å². The number of hydrogen-bond acceptors (Lipinski definition) is 3. The number of thioether (sulfide) groups is 1. The Bertz CT molecular complexity index is 520. The van der Waals surface area contributed by atoms with Gasteiger partial charge in [0.15, 0.2) is 5.12 Å². The van der Waals surface area contributed by atoms with Gasteiger partial charge in [-0.15, -0.1) is 0 Å². The smallest absolute Gasteiger partial charge is 0.255 e. The lowest BCUT2D eigenvalue weighted by Gasteiger charge is -2.08. The van der Waals surface area contributed by atoms with Gasteiger partial charge in [0.25, 0.3) is 5.24 Å². The van der Waals surface area contributed by atoms with E-state index in [1.807, 2.05) is 0 Å². The fraction of sp³-hybridized carbons (Fsp3) is 0.429. The van der Waals surface area contributed by atoms with Gasteiger partial charge in [0, 0.05) is 11.3 Å². The van der Waals surface area contributed by atoms with Crippen molar-refractivity contribution in [1.29, 1.82) is 0 Å². The van der Waals surface area contributed by atoms with Crippen LogP contribution in [0.2, 0.25) is 5.02 Å². The topological polar surface area (TPSA) is 34.1 Å². The van der Waals surface area contributed by atoms with Crippen molar-refractivity contribution in [1.82, 2.24) is 0 Å². The van der Waals surface area contributed by atoms with Crippen LogP contribution < -0.4 is 0 Å². The van der Waals surface area contributed by atoms with Gasteiger partial charge in [-0.2, -0.15) is 0 Å². The molecule has 0 aliphatic heterocycles. The highest BCUT2D eigenvalue weighted by Gasteiger charge is 2.16. The van der Waals surface area contributed by atoms with E-state index in [0.717, 1.165) is 30.7 Å². The molecule has 0 aliphatic carbocycles. The zero-order valence-electron chi connectivity index (χ0n) is 11.2. The molecule has 1 aromatic rings. The highest BCUT2D eigenvalue weighted by atomic mass is 35.5. The van der Waals surface area contributed by atoms with E-state index in [4.69, 9.17) is 23.2 Å². The second-order valence-electron chi connectivity index (χ2n) is 4.56. The molecular formula is C14H15Cl2FO2S. The highest BCUT2D eigenvalue weighted by Crippen LogP contribution is 2.32. The summed E-state index contributed by atoms with van der Waals surface area (Å²) in [5, 5.41) is -0.870. The van der Waals surface area contributed by atoms with Gasteiger partial charge in [-0.05, 0) is 36.1 Å². The minimum absolute atomic E-state index is 0.0632. The Morgan fingerprint density at radius 1 is 1.40 bits per heavy atom. The maximum Gasteiger partial charge on any atom is 0.255 e. The van der Waals surface area contributed by atoms with Crippen molar-refractivity contribution in [2.24, 2.45) is 5.92 Å². The summed E-state index contributed by atoms with van der Waals surface area (Å²) in [6.07, 6.45) is 2.22. The third-order valence-electron chi connectivity index (χ3n) is 3.00. The van der Waals surface area contributed by atoms with Crippen molar-refractivity contribution in [2.45, 2.75) is 38.0 Å². The Labute approximate surface area is 132 Å². The van der Waals surface area contributed by atoms with Crippen molar-refractivity contribution in [3.63, 3.8) is 0 Å². The molecule has 1 unspecified atom stereocenters. The van der Waals surface area contributed by atoms with Crippen LogP contribution in [0.15, 0.2) is 17.0 Å². The quantitative estimate of drug-likeness (QED) is 0.521. The van der Waals surface area contributed by atoms with Crippen LogP contribution in [0.5, 0.6) is 0 Å². The fourth-order valence-corrected chi connectivity index (χ4v) is 2.71. The Morgan fingerprint density at radius 2 is 2.05 bits per heavy atom. The molecular weight excluding hydrogens is 322 g/mol. The van der Waals surface area contributed by atoms with Gasteiger partial charge in [0.05, 0.1) is 10.6 Å². The van der Waals surface area contributed by atoms with Crippen LogP contribution in [0.3, 0.4) is 0 Å². The van der Waals surface area contributed by atoms with E-state index in [1.165, 1.54) is 6.07 Å². The molecule has 2 nitrogen and oxygen atoms in total. The molecule has 1 rings (SSSR count). The van der Waals surface area contributed by atoms with Crippen LogP contribution in [0.25, 0.3) is 0 Å². The van der Waals surface area contributed by atoms with Crippen LogP contribution in [-0.4, -0.2) is 10.4 Å². The summed E-state index contributed by atoms with van der Waals surface area (Å²) in [6, 6.07) is 2.22. The summed E-state index contributed by atoms with van der Waals surface area (Å²) in [5.74, 6) is -0.311. The van der Waals surface area contributed by atoms with Crippen LogP contribution in [0, 0.1) is 11.7 Å². The molecule has 0 aromatic heterocycles. The Balaban J connectivity index is 2.79. The van der Waals surface area contributed by atoms with Gasteiger partial charge in [0.1, 0.15) is 5.82 Å². The number of rotatable bonds is 6. The van der Waals surface area contributed by atoms with Gasteiger partial charge in [0.2, 0.25) is 0 Å². The van der Waals surface area contributed by atoms with Gasteiger partial charge in [-0.1, -0.05) is 43.6 Å². The molecule has 0 aliphatic rings. The third kappa shape index (κ3) is 5.08. The molecule has 1 atom stereocenters. The first-order valence-corrected chi connectivity index (χ1v) is 7.82. The van der Waals surface area contributed by atoms with E-state index < -0.39 is 11.1 Å². The van der Waals surface area contributed by atoms with E-state index in [1.54, 1.807) is 0 Å². The molecule has 1 aromatic carbocycles. The number of carbonyl (C=O) groups is 2. The average molecular weight is 337 g/mol. The first-order chi connectivity index (χ1) is 9.35. The van der Waals surface area contributed by atoms with Gasteiger partial charge < -0.3 is 0 Å². The van der Waals surface area contributed by atoms with E-state index >= 15 is 0 Å². The molecule has 6 heteroatoms. The predicted molar refractivity (Wildman–Crippen MR) is 81.1 cm³/mol. The molecule has 0 N–H and O–H groups in total. The molecule has 0 bridgehead atoms. The number of benzene rings is 1. The standard InChI is InChI=1S/C14H15Cl2FO2S/c1-3-8(2)4-5-13(18)20-12-6-9(14(16)19)11(17)7-10(12)15/h6-8H,3-5H2,1-2H3. The van der Waals surface area contributed by atoms with E-state index in [-0.39, 0.29) is 15.7 Å². The Hall–Kier alpha value is -0.580. The van der Waals surface area contributed by atoms with Crippen LogP contribution in [-0.2, 0) is 4.79 Å². The zero-order chi connectivity index (χ0) is 15.3. The lowest BCUT2D eigenvalue weighted by molar-refractivity contribution is -0.111. The van der Waals surface area contributed by atoms with Gasteiger partial charge in [-0.3, -0.25) is 9.59 Å². The summed E-state index contributed by atoms with van der Waals surface area (Å²) in [7, 11) is 0. The first-order valence-electron chi connectivity index (χ1n) is 6.24. The zero-order valence-corrected chi connectivity index (χ0v) is 13.5. The maximum atomic E-state index is 13.4. The molecule has 0 radical (unpaired) electrons. The number of halogens is 3. The summed E-state index contributed by atoms with van der Waals surface area (Å²) >= 11 is 12.1. The molecule has 0 spiro atoms. The van der Waals surface area contributed by atoms with E-state index in [2.05, 4.69) is 13.8 Å². The fourth-order valence-electron chi connectivity index (χ4n) is 1.50. The van der Waals surface area contributed by atoms with Crippen molar-refractivity contribution in [3.8, 4) is 0 Å². The molecule has 0 amide bonds. The molecule has 20 heavy (non-hydrogen) atoms.